The Bertz CT molecular complexity index is 835. The molecule has 2 heterocycles. The van der Waals surface area contributed by atoms with Crippen molar-refractivity contribution in [3.8, 4) is 11.1 Å². The van der Waals surface area contributed by atoms with E-state index in [1.54, 1.807) is 31.4 Å². The number of benzene rings is 1. The van der Waals surface area contributed by atoms with Gasteiger partial charge in [0.1, 0.15) is 0 Å². The minimum absolute atomic E-state index is 0.107. The second kappa shape index (κ2) is 8.55. The number of carbonyl (C=O) groups excluding carboxylic acids is 2. The van der Waals surface area contributed by atoms with E-state index in [0.717, 1.165) is 36.1 Å². The largest absolute Gasteiger partial charge is 0.348 e. The average molecular weight is 380 g/mol. The van der Waals surface area contributed by atoms with Crippen LogP contribution in [0.25, 0.3) is 11.1 Å². The molecule has 148 valence electrons. The van der Waals surface area contributed by atoms with Gasteiger partial charge >= 0.3 is 0 Å². The zero-order valence-electron chi connectivity index (χ0n) is 17.0. The highest BCUT2D eigenvalue weighted by Crippen LogP contribution is 2.36. The van der Waals surface area contributed by atoms with Crippen LogP contribution in [-0.4, -0.2) is 53.8 Å². The highest BCUT2D eigenvalue weighted by Gasteiger charge is 2.44. The molecule has 2 amide bonds. The summed E-state index contributed by atoms with van der Waals surface area (Å²) in [4.78, 5) is 33.2. The minimum Gasteiger partial charge on any atom is -0.348 e. The van der Waals surface area contributed by atoms with E-state index in [4.69, 9.17) is 0 Å². The van der Waals surface area contributed by atoms with Gasteiger partial charge in [-0.25, -0.2) is 0 Å². The van der Waals surface area contributed by atoms with E-state index in [0.29, 0.717) is 19.4 Å². The van der Waals surface area contributed by atoms with E-state index in [9.17, 15) is 9.59 Å². The third kappa shape index (κ3) is 4.24. The molecular formula is C23H29N3O2. The molecule has 0 aliphatic carbocycles. The Morgan fingerprint density at radius 1 is 1.14 bits per heavy atom. The zero-order valence-corrected chi connectivity index (χ0v) is 17.0. The molecule has 1 fully saturated rings. The van der Waals surface area contributed by atoms with Gasteiger partial charge in [0.05, 0.1) is 5.41 Å². The second-order valence-corrected chi connectivity index (χ2v) is 7.87. The van der Waals surface area contributed by atoms with Gasteiger partial charge in [-0.1, -0.05) is 31.2 Å². The molecule has 1 aliphatic rings. The van der Waals surface area contributed by atoms with Crippen molar-refractivity contribution in [2.75, 3.05) is 27.2 Å². The Morgan fingerprint density at radius 2 is 1.89 bits per heavy atom. The Morgan fingerprint density at radius 3 is 2.57 bits per heavy atom. The van der Waals surface area contributed by atoms with Crippen LogP contribution in [-0.2, 0) is 16.0 Å². The van der Waals surface area contributed by atoms with Gasteiger partial charge in [0.15, 0.2) is 0 Å². The number of likely N-dealkylation sites (tertiary alicyclic amines) is 1. The van der Waals surface area contributed by atoms with Crippen molar-refractivity contribution >= 4 is 11.8 Å². The fourth-order valence-electron chi connectivity index (χ4n) is 4.23. The van der Waals surface area contributed by atoms with E-state index < -0.39 is 5.41 Å². The molecule has 5 heteroatoms. The summed E-state index contributed by atoms with van der Waals surface area (Å²) in [5, 5.41) is 0. The van der Waals surface area contributed by atoms with E-state index in [2.05, 4.69) is 23.2 Å². The van der Waals surface area contributed by atoms with Gasteiger partial charge in [0.25, 0.3) is 0 Å². The average Bonchev–Trinajstić information content (AvgIpc) is 2.73. The lowest BCUT2D eigenvalue weighted by molar-refractivity contribution is -0.147. The van der Waals surface area contributed by atoms with Crippen molar-refractivity contribution < 1.29 is 9.59 Å². The van der Waals surface area contributed by atoms with Crippen LogP contribution in [0.2, 0.25) is 0 Å². The van der Waals surface area contributed by atoms with Crippen molar-refractivity contribution in [1.82, 2.24) is 14.8 Å². The minimum atomic E-state index is -0.566. The third-order valence-corrected chi connectivity index (χ3v) is 5.58. The van der Waals surface area contributed by atoms with Gasteiger partial charge in [-0.2, -0.15) is 0 Å². The highest BCUT2D eigenvalue weighted by atomic mass is 16.2. The molecule has 0 radical (unpaired) electrons. The van der Waals surface area contributed by atoms with Crippen molar-refractivity contribution in [1.29, 1.82) is 0 Å². The molecule has 0 bridgehead atoms. The predicted octanol–water partition coefficient (Wildman–Crippen LogP) is 3.40. The first-order valence-corrected chi connectivity index (χ1v) is 9.94. The highest BCUT2D eigenvalue weighted by molar-refractivity contribution is 5.84. The number of hydrogen-bond donors (Lipinski definition) is 0. The maximum absolute atomic E-state index is 13.2. The number of rotatable bonds is 5. The number of nitrogens with zero attached hydrogens (tertiary/aromatic N) is 3. The first-order valence-electron chi connectivity index (χ1n) is 9.94. The summed E-state index contributed by atoms with van der Waals surface area (Å²) in [6, 6.07) is 12.3. The molecule has 0 spiro atoms. The molecule has 1 aromatic heterocycles. The van der Waals surface area contributed by atoms with E-state index in [1.165, 1.54) is 0 Å². The molecular weight excluding hydrogens is 350 g/mol. The summed E-state index contributed by atoms with van der Waals surface area (Å²) in [7, 11) is 3.61. The number of piperidine rings is 1. The van der Waals surface area contributed by atoms with Gasteiger partial charge in [0.2, 0.25) is 11.8 Å². The summed E-state index contributed by atoms with van der Waals surface area (Å²) in [6.45, 7) is 3.12. The fraction of sp³-hybridized carbons (Fsp3) is 0.435. The standard InChI is InChI=1S/C23H29N3O2/c1-4-21(27)26-14-6-11-23(17-26,22(28)25(2)3)16-18-7-5-8-20(15-18)19-9-12-24-13-10-19/h5,7-10,12-13,15H,4,6,11,14,16-17H2,1-3H3/t23-/m1/s1. The van der Waals surface area contributed by atoms with Gasteiger partial charge < -0.3 is 9.80 Å². The number of carbonyl (C=O) groups is 2. The smallest absolute Gasteiger partial charge is 0.230 e. The molecule has 1 atom stereocenters. The van der Waals surface area contributed by atoms with Gasteiger partial charge in [-0.3, -0.25) is 14.6 Å². The van der Waals surface area contributed by atoms with Crippen LogP contribution < -0.4 is 0 Å². The first-order chi connectivity index (χ1) is 13.4. The van der Waals surface area contributed by atoms with E-state index in [-0.39, 0.29) is 11.8 Å². The SMILES string of the molecule is CCC(=O)N1CCC[C@](Cc2cccc(-c3ccncc3)c2)(C(=O)N(C)C)C1. The molecule has 2 aromatic rings. The molecule has 0 N–H and O–H groups in total. The van der Waals surface area contributed by atoms with Gasteiger partial charge in [-0.15, -0.1) is 0 Å². The summed E-state index contributed by atoms with van der Waals surface area (Å²) in [5.74, 6) is 0.233. The van der Waals surface area contributed by atoms with Crippen molar-refractivity contribution in [3.63, 3.8) is 0 Å². The predicted molar refractivity (Wildman–Crippen MR) is 111 cm³/mol. The molecule has 1 aromatic carbocycles. The molecule has 1 aliphatic heterocycles. The van der Waals surface area contributed by atoms with Crippen LogP contribution >= 0.6 is 0 Å². The van der Waals surface area contributed by atoms with Crippen LogP contribution in [0, 0.1) is 5.41 Å². The normalized spacial score (nSPS) is 19.3. The number of pyridine rings is 1. The molecule has 0 unspecified atom stereocenters. The third-order valence-electron chi connectivity index (χ3n) is 5.58. The second-order valence-electron chi connectivity index (χ2n) is 7.87. The molecule has 5 nitrogen and oxygen atoms in total. The lowest BCUT2D eigenvalue weighted by Crippen LogP contribution is -2.54. The first kappa shape index (κ1) is 20.1. The van der Waals surface area contributed by atoms with Crippen molar-refractivity contribution in [3.05, 3.63) is 54.4 Å². The lowest BCUT2D eigenvalue weighted by atomic mass is 9.73. The Balaban J connectivity index is 1.92. The van der Waals surface area contributed by atoms with Crippen molar-refractivity contribution in [2.24, 2.45) is 5.41 Å². The monoisotopic (exact) mass is 379 g/mol. The van der Waals surface area contributed by atoms with Crippen molar-refractivity contribution in [2.45, 2.75) is 32.6 Å². The Hall–Kier alpha value is -2.69. The quantitative estimate of drug-likeness (QED) is 0.800. The van der Waals surface area contributed by atoms with E-state index in [1.807, 2.05) is 30.0 Å². The lowest BCUT2D eigenvalue weighted by Gasteiger charge is -2.43. The molecule has 28 heavy (non-hydrogen) atoms. The summed E-state index contributed by atoms with van der Waals surface area (Å²) >= 11 is 0. The van der Waals surface area contributed by atoms with E-state index >= 15 is 0 Å². The fourth-order valence-corrected chi connectivity index (χ4v) is 4.23. The molecule has 0 saturated carbocycles. The summed E-state index contributed by atoms with van der Waals surface area (Å²) in [6.07, 6.45) is 6.34. The number of aromatic nitrogens is 1. The molecule has 3 rings (SSSR count). The summed E-state index contributed by atoms with van der Waals surface area (Å²) < 4.78 is 0. The van der Waals surface area contributed by atoms with Crippen LogP contribution in [0.5, 0.6) is 0 Å². The van der Waals surface area contributed by atoms with Gasteiger partial charge in [0, 0.05) is 46.0 Å². The van der Waals surface area contributed by atoms with Crippen LogP contribution in [0.3, 0.4) is 0 Å². The van der Waals surface area contributed by atoms with Crippen LogP contribution in [0.4, 0.5) is 0 Å². The maximum Gasteiger partial charge on any atom is 0.230 e. The maximum atomic E-state index is 13.2. The van der Waals surface area contributed by atoms with Crippen LogP contribution in [0.1, 0.15) is 31.7 Å². The zero-order chi connectivity index (χ0) is 20.1. The number of hydrogen-bond acceptors (Lipinski definition) is 3. The van der Waals surface area contributed by atoms with Gasteiger partial charge in [-0.05, 0) is 48.1 Å². The summed E-state index contributed by atoms with van der Waals surface area (Å²) in [5.41, 5.74) is 2.78. The topological polar surface area (TPSA) is 53.5 Å². The molecule has 1 saturated heterocycles. The van der Waals surface area contributed by atoms with Crippen LogP contribution in [0.15, 0.2) is 48.8 Å². The number of amides is 2. The Labute approximate surface area is 167 Å². The Kier molecular flexibility index (Phi) is 6.12.